The van der Waals surface area contributed by atoms with Crippen LogP contribution in [0.4, 0.5) is 5.69 Å². The van der Waals surface area contributed by atoms with Gasteiger partial charge in [-0.3, -0.25) is 14.4 Å². The number of Topliss-reactive ketones (excluding diaryl/α,β-unsaturated/α-hetero) is 1. The molecule has 2 amide bonds. The van der Waals surface area contributed by atoms with Gasteiger partial charge < -0.3 is 4.74 Å². The van der Waals surface area contributed by atoms with Crippen LogP contribution in [-0.2, 0) is 9.53 Å². The largest absolute Gasteiger partial charge is 0.454 e. The first-order valence-corrected chi connectivity index (χ1v) is 8.64. The summed E-state index contributed by atoms with van der Waals surface area (Å²) >= 11 is 0. The highest BCUT2D eigenvalue weighted by atomic mass is 16.5. The topological polar surface area (TPSA) is 80.8 Å². The minimum atomic E-state index is -0.721. The second kappa shape index (κ2) is 6.74. The van der Waals surface area contributed by atoms with Crippen molar-refractivity contribution < 1.29 is 23.9 Å². The maximum atomic E-state index is 13.0. The summed E-state index contributed by atoms with van der Waals surface area (Å²) in [5.41, 5.74) is 0.960. The van der Waals surface area contributed by atoms with Crippen molar-refractivity contribution in [3.05, 3.63) is 77.4 Å². The first kappa shape index (κ1) is 17.6. The monoisotopic (exact) mass is 373 g/mol. The normalized spacial score (nSPS) is 13.0. The second-order valence-electron chi connectivity index (χ2n) is 6.48. The molecule has 1 heterocycles. The summed E-state index contributed by atoms with van der Waals surface area (Å²) in [6, 6.07) is 17.1. The van der Waals surface area contributed by atoms with Gasteiger partial charge in [0, 0.05) is 5.39 Å². The van der Waals surface area contributed by atoms with Gasteiger partial charge in [0.25, 0.3) is 11.8 Å². The van der Waals surface area contributed by atoms with E-state index in [1.165, 1.54) is 25.1 Å². The molecule has 0 saturated carbocycles. The molecule has 0 spiro atoms. The molecule has 0 unspecified atom stereocenters. The van der Waals surface area contributed by atoms with Crippen LogP contribution >= 0.6 is 0 Å². The van der Waals surface area contributed by atoms with Crippen LogP contribution < -0.4 is 4.90 Å². The van der Waals surface area contributed by atoms with Gasteiger partial charge in [0.15, 0.2) is 5.78 Å². The predicted molar refractivity (Wildman–Crippen MR) is 102 cm³/mol. The van der Waals surface area contributed by atoms with Crippen LogP contribution in [0.25, 0.3) is 10.8 Å². The Bertz CT molecular complexity index is 1160. The minimum absolute atomic E-state index is 0.112. The van der Waals surface area contributed by atoms with Gasteiger partial charge in [0.1, 0.15) is 6.61 Å². The third kappa shape index (κ3) is 2.85. The zero-order valence-electron chi connectivity index (χ0n) is 15.0. The number of fused-ring (bicyclic) bond motifs is 2. The Kier molecular flexibility index (Phi) is 4.24. The molecule has 0 aromatic heterocycles. The number of carbonyl (C=O) groups excluding carboxylic acids is 4. The van der Waals surface area contributed by atoms with Crippen molar-refractivity contribution in [2.24, 2.45) is 0 Å². The number of carbonyl (C=O) groups is 4. The summed E-state index contributed by atoms with van der Waals surface area (Å²) in [7, 11) is 0. The summed E-state index contributed by atoms with van der Waals surface area (Å²) in [5.74, 6) is -1.96. The minimum Gasteiger partial charge on any atom is -0.454 e. The van der Waals surface area contributed by atoms with Crippen LogP contribution in [0.3, 0.4) is 0 Å². The lowest BCUT2D eigenvalue weighted by atomic mass is 10.1. The number of hydrogen-bond acceptors (Lipinski definition) is 5. The maximum absolute atomic E-state index is 13.0. The molecule has 3 aromatic carbocycles. The summed E-state index contributed by atoms with van der Waals surface area (Å²) in [5, 5.41) is 1.69. The van der Waals surface area contributed by atoms with E-state index in [0.29, 0.717) is 5.69 Å². The molecule has 0 radical (unpaired) electrons. The Labute approximate surface area is 160 Å². The van der Waals surface area contributed by atoms with Gasteiger partial charge in [-0.2, -0.15) is 0 Å². The van der Waals surface area contributed by atoms with E-state index in [9.17, 15) is 19.2 Å². The van der Waals surface area contributed by atoms with Crippen LogP contribution in [0.2, 0.25) is 0 Å². The smallest absolute Gasteiger partial charge is 0.338 e. The van der Waals surface area contributed by atoms with Gasteiger partial charge in [0.2, 0.25) is 0 Å². The lowest BCUT2D eigenvalue weighted by Crippen LogP contribution is -2.29. The Morgan fingerprint density at radius 1 is 0.893 bits per heavy atom. The van der Waals surface area contributed by atoms with Crippen molar-refractivity contribution >= 4 is 40.0 Å². The third-order valence-electron chi connectivity index (χ3n) is 4.54. The number of amides is 2. The van der Waals surface area contributed by atoms with E-state index in [2.05, 4.69) is 0 Å². The first-order valence-electron chi connectivity index (χ1n) is 8.64. The zero-order chi connectivity index (χ0) is 19.8. The number of imide groups is 1. The molecule has 0 bridgehead atoms. The first-order chi connectivity index (χ1) is 13.5. The van der Waals surface area contributed by atoms with Crippen LogP contribution in [0, 0.1) is 0 Å². The summed E-state index contributed by atoms with van der Waals surface area (Å²) in [6.07, 6.45) is 0. The quantitative estimate of drug-likeness (QED) is 0.517. The fourth-order valence-corrected chi connectivity index (χ4v) is 3.24. The molecular weight excluding hydrogens is 358 g/mol. The molecule has 6 heteroatoms. The Morgan fingerprint density at radius 2 is 1.61 bits per heavy atom. The number of nitrogens with zero attached hydrogens (tertiary/aromatic N) is 1. The summed E-state index contributed by atoms with van der Waals surface area (Å²) in [6.45, 7) is 0.963. The lowest BCUT2D eigenvalue weighted by Gasteiger charge is -2.16. The lowest BCUT2D eigenvalue weighted by molar-refractivity contribution is -0.120. The molecule has 1 aliphatic rings. The van der Waals surface area contributed by atoms with Crippen molar-refractivity contribution in [1.82, 2.24) is 0 Å². The van der Waals surface area contributed by atoms with Crippen molar-refractivity contribution in [3.8, 4) is 0 Å². The fourth-order valence-electron chi connectivity index (χ4n) is 3.24. The van der Waals surface area contributed by atoms with E-state index in [0.717, 1.165) is 15.7 Å². The molecule has 1 aliphatic heterocycles. The predicted octanol–water partition coefficient (Wildman–Crippen LogP) is 3.39. The molecule has 0 N–H and O–H groups in total. The van der Waals surface area contributed by atoms with Gasteiger partial charge in [-0.05, 0) is 36.6 Å². The van der Waals surface area contributed by atoms with Gasteiger partial charge in [-0.25, -0.2) is 9.69 Å². The maximum Gasteiger partial charge on any atom is 0.338 e. The molecule has 0 atom stereocenters. The van der Waals surface area contributed by atoms with Crippen molar-refractivity contribution in [1.29, 1.82) is 0 Å². The van der Waals surface area contributed by atoms with E-state index in [1.54, 1.807) is 12.1 Å². The SMILES string of the molecule is CC(=O)COC(=O)c1ccc2c(c1)C(=O)N(c1cccc3ccccc13)C2=O. The number of rotatable bonds is 4. The highest BCUT2D eigenvalue weighted by molar-refractivity contribution is 6.36. The second-order valence-corrected chi connectivity index (χ2v) is 6.48. The van der Waals surface area contributed by atoms with Crippen LogP contribution in [0.1, 0.15) is 38.0 Å². The van der Waals surface area contributed by atoms with Crippen molar-refractivity contribution in [2.75, 3.05) is 11.5 Å². The van der Waals surface area contributed by atoms with Crippen molar-refractivity contribution in [2.45, 2.75) is 6.92 Å². The standard InChI is InChI=1S/C22H15NO5/c1-13(24)12-28-22(27)15-9-10-17-18(11-15)21(26)23(20(17)25)19-8-4-6-14-5-2-3-7-16(14)19/h2-11H,12H2,1H3. The van der Waals surface area contributed by atoms with Gasteiger partial charge in [-0.15, -0.1) is 0 Å². The molecule has 28 heavy (non-hydrogen) atoms. The highest BCUT2D eigenvalue weighted by Gasteiger charge is 2.37. The fraction of sp³-hybridized carbons (Fsp3) is 0.0909. The van der Waals surface area contributed by atoms with E-state index < -0.39 is 17.8 Å². The molecule has 0 fully saturated rings. The molecule has 4 rings (SSSR count). The number of ketones is 1. The molecule has 3 aromatic rings. The van der Waals surface area contributed by atoms with Crippen LogP contribution in [-0.4, -0.2) is 30.2 Å². The number of ether oxygens (including phenoxy) is 1. The number of anilines is 1. The van der Waals surface area contributed by atoms with Gasteiger partial charge in [-0.1, -0.05) is 36.4 Å². The van der Waals surface area contributed by atoms with E-state index in [-0.39, 0.29) is 29.1 Å². The molecule has 0 aliphatic carbocycles. The molecule has 138 valence electrons. The Hall–Kier alpha value is -3.80. The van der Waals surface area contributed by atoms with Crippen molar-refractivity contribution in [3.63, 3.8) is 0 Å². The number of esters is 1. The molecular formula is C22H15NO5. The number of benzene rings is 3. The summed E-state index contributed by atoms with van der Waals surface area (Å²) < 4.78 is 4.88. The van der Waals surface area contributed by atoms with E-state index >= 15 is 0 Å². The van der Waals surface area contributed by atoms with E-state index in [1.807, 2.05) is 30.3 Å². The van der Waals surface area contributed by atoms with Gasteiger partial charge >= 0.3 is 5.97 Å². The summed E-state index contributed by atoms with van der Waals surface area (Å²) in [4.78, 5) is 50.1. The molecule has 0 saturated heterocycles. The third-order valence-corrected chi connectivity index (χ3v) is 4.54. The van der Waals surface area contributed by atoms with Gasteiger partial charge in [0.05, 0.1) is 22.4 Å². The van der Waals surface area contributed by atoms with Crippen LogP contribution in [0.15, 0.2) is 60.7 Å². The number of hydrogen-bond donors (Lipinski definition) is 0. The highest BCUT2D eigenvalue weighted by Crippen LogP contribution is 2.33. The average Bonchev–Trinajstić information content (AvgIpc) is 2.95. The van der Waals surface area contributed by atoms with E-state index in [4.69, 9.17) is 4.74 Å². The Balaban J connectivity index is 1.73. The molecule has 6 nitrogen and oxygen atoms in total. The van der Waals surface area contributed by atoms with Crippen LogP contribution in [0.5, 0.6) is 0 Å². The Morgan fingerprint density at radius 3 is 2.39 bits per heavy atom. The zero-order valence-corrected chi connectivity index (χ0v) is 15.0. The average molecular weight is 373 g/mol.